The van der Waals surface area contributed by atoms with E-state index in [1.807, 2.05) is 25.1 Å². The summed E-state index contributed by atoms with van der Waals surface area (Å²) in [6.07, 6.45) is 1.67. The van der Waals surface area contributed by atoms with Gasteiger partial charge in [-0.1, -0.05) is 35.3 Å². The minimum Gasteiger partial charge on any atom is -0.495 e. The van der Waals surface area contributed by atoms with E-state index in [9.17, 15) is 4.79 Å². The van der Waals surface area contributed by atoms with E-state index in [1.165, 1.54) is 18.8 Å². The number of para-hydroxylation sites is 1. The number of pyridine rings is 2. The van der Waals surface area contributed by atoms with Gasteiger partial charge in [0.2, 0.25) is 0 Å². The number of nitrogens with one attached hydrogen (secondary N) is 1. The summed E-state index contributed by atoms with van der Waals surface area (Å²) < 4.78 is 12.2. The Labute approximate surface area is 200 Å². The van der Waals surface area contributed by atoms with Crippen LogP contribution < -0.4 is 26.1 Å². The molecule has 0 spiro atoms. The number of nitrogen functional groups attached to an aromatic ring is 1. The summed E-state index contributed by atoms with van der Waals surface area (Å²) in [5.41, 5.74) is 9.51. The predicted octanol–water partition coefficient (Wildman–Crippen LogP) is 5.56. The number of aryl methyl sites for hydroxylation is 2. The summed E-state index contributed by atoms with van der Waals surface area (Å²) in [5.74, 6) is 1.26. The first-order valence-corrected chi connectivity index (χ1v) is 10.7. The van der Waals surface area contributed by atoms with Gasteiger partial charge in [-0.25, -0.2) is 4.98 Å². The average molecular weight is 485 g/mol. The Kier molecular flexibility index (Phi) is 6.10. The Morgan fingerprint density at radius 1 is 1.06 bits per heavy atom. The van der Waals surface area contributed by atoms with Crippen molar-refractivity contribution in [2.24, 2.45) is 7.05 Å². The first kappa shape index (κ1) is 22.8. The Bertz CT molecular complexity index is 1400. The molecule has 0 saturated heterocycles. The maximum atomic E-state index is 13.4. The molecule has 0 atom stereocenters. The van der Waals surface area contributed by atoms with Gasteiger partial charge in [0.1, 0.15) is 17.3 Å². The Hall–Kier alpha value is -3.42. The molecule has 9 heteroatoms. The van der Waals surface area contributed by atoms with E-state index in [0.717, 1.165) is 16.6 Å². The Morgan fingerprint density at radius 2 is 1.73 bits per heavy atom. The number of methoxy groups -OCH3 is 2. The first-order valence-electron chi connectivity index (χ1n) is 9.99. The third-order valence-electron chi connectivity index (χ3n) is 5.51. The topological polar surface area (TPSA) is 91.4 Å². The molecule has 7 nitrogen and oxygen atoms in total. The van der Waals surface area contributed by atoms with Gasteiger partial charge in [-0.2, -0.15) is 0 Å². The number of ether oxygens (including phenoxy) is 2. The van der Waals surface area contributed by atoms with Crippen LogP contribution in [0.15, 0.2) is 47.4 Å². The van der Waals surface area contributed by atoms with E-state index >= 15 is 0 Å². The van der Waals surface area contributed by atoms with E-state index in [-0.39, 0.29) is 15.6 Å². The number of fused-ring (bicyclic) bond motifs is 1. The predicted molar refractivity (Wildman–Crippen MR) is 134 cm³/mol. The second kappa shape index (κ2) is 8.84. The molecule has 2 aromatic carbocycles. The van der Waals surface area contributed by atoms with Crippen molar-refractivity contribution in [3.8, 4) is 22.6 Å². The number of rotatable bonds is 5. The van der Waals surface area contributed by atoms with Gasteiger partial charge in [-0.3, -0.25) is 4.79 Å². The highest BCUT2D eigenvalue weighted by atomic mass is 35.5. The fraction of sp³-hybridized carbons (Fsp3) is 0.167. The third-order valence-corrected chi connectivity index (χ3v) is 6.26. The van der Waals surface area contributed by atoms with Gasteiger partial charge >= 0.3 is 0 Å². The van der Waals surface area contributed by atoms with Crippen molar-refractivity contribution < 1.29 is 9.47 Å². The zero-order valence-electron chi connectivity index (χ0n) is 18.5. The molecule has 170 valence electrons. The molecule has 4 aromatic rings. The molecule has 2 heterocycles. The second-order valence-corrected chi connectivity index (χ2v) is 8.25. The fourth-order valence-corrected chi connectivity index (χ4v) is 4.43. The number of hydrogen-bond acceptors (Lipinski definition) is 6. The normalized spacial score (nSPS) is 11.0. The number of hydrogen-bond donors (Lipinski definition) is 2. The monoisotopic (exact) mass is 484 g/mol. The molecule has 0 radical (unpaired) electrons. The molecular weight excluding hydrogens is 463 g/mol. The molecule has 33 heavy (non-hydrogen) atoms. The van der Waals surface area contributed by atoms with Gasteiger partial charge in [0.05, 0.1) is 46.7 Å². The molecule has 0 saturated carbocycles. The van der Waals surface area contributed by atoms with Crippen molar-refractivity contribution in [2.45, 2.75) is 6.92 Å². The van der Waals surface area contributed by atoms with Crippen LogP contribution in [0.2, 0.25) is 10.0 Å². The van der Waals surface area contributed by atoms with Crippen LogP contribution in [0, 0.1) is 6.92 Å². The average Bonchev–Trinajstić information content (AvgIpc) is 2.80. The van der Waals surface area contributed by atoms with E-state index in [2.05, 4.69) is 10.3 Å². The van der Waals surface area contributed by atoms with Gasteiger partial charge < -0.3 is 25.1 Å². The third kappa shape index (κ3) is 3.94. The fourth-order valence-electron chi connectivity index (χ4n) is 3.72. The summed E-state index contributed by atoms with van der Waals surface area (Å²) >= 11 is 13.1. The minimum absolute atomic E-state index is 0.223. The van der Waals surface area contributed by atoms with Gasteiger partial charge in [-0.15, -0.1) is 0 Å². The quantitative estimate of drug-likeness (QED) is 0.360. The van der Waals surface area contributed by atoms with Gasteiger partial charge in [0.25, 0.3) is 5.56 Å². The number of benzene rings is 2. The molecule has 0 aliphatic carbocycles. The van der Waals surface area contributed by atoms with Gasteiger partial charge in [0.15, 0.2) is 0 Å². The second-order valence-electron chi connectivity index (χ2n) is 7.50. The lowest BCUT2D eigenvalue weighted by atomic mass is 10.0. The summed E-state index contributed by atoms with van der Waals surface area (Å²) in [4.78, 5) is 17.9. The number of halogens is 2. The van der Waals surface area contributed by atoms with Crippen molar-refractivity contribution in [1.29, 1.82) is 0 Å². The first-order chi connectivity index (χ1) is 15.8. The molecule has 0 unspecified atom stereocenters. The molecule has 0 amide bonds. The van der Waals surface area contributed by atoms with Crippen molar-refractivity contribution in [2.75, 3.05) is 25.3 Å². The van der Waals surface area contributed by atoms with Crippen molar-refractivity contribution >= 4 is 51.3 Å². The Morgan fingerprint density at radius 3 is 2.33 bits per heavy atom. The standard InChI is InChI=1S/C24H22Cl2N4O3/c1-12-6-5-7-15(27)23(12)29-19-9-16-13(11-28-19)8-14(24(31)30(16)2)20-21(25)17(32-3)10-18(33-4)22(20)26/h5-11H,27H2,1-4H3,(H,28,29). The number of nitrogens with zero attached hydrogens (tertiary/aromatic N) is 2. The lowest BCUT2D eigenvalue weighted by Gasteiger charge is -2.16. The molecule has 0 aliphatic heterocycles. The van der Waals surface area contributed by atoms with Crippen LogP contribution in [0.25, 0.3) is 22.0 Å². The van der Waals surface area contributed by atoms with Crippen molar-refractivity contribution in [3.63, 3.8) is 0 Å². The molecule has 4 rings (SSSR count). The van der Waals surface area contributed by atoms with E-state index in [1.54, 1.807) is 31.4 Å². The number of anilines is 3. The summed E-state index contributed by atoms with van der Waals surface area (Å²) in [7, 11) is 4.65. The van der Waals surface area contributed by atoms with E-state index < -0.39 is 0 Å². The molecule has 0 fully saturated rings. The van der Waals surface area contributed by atoms with Gasteiger partial charge in [-0.05, 0) is 24.6 Å². The van der Waals surface area contributed by atoms with Crippen molar-refractivity contribution in [1.82, 2.24) is 9.55 Å². The smallest absolute Gasteiger partial charge is 0.258 e. The summed E-state index contributed by atoms with van der Waals surface area (Å²) in [6, 6.07) is 10.7. The van der Waals surface area contributed by atoms with Gasteiger partial charge in [0, 0.05) is 36.3 Å². The van der Waals surface area contributed by atoms with E-state index in [0.29, 0.717) is 39.6 Å². The zero-order chi connectivity index (χ0) is 23.9. The summed E-state index contributed by atoms with van der Waals surface area (Å²) in [5, 5.41) is 4.42. The molecular formula is C24H22Cl2N4O3. The van der Waals surface area contributed by atoms with Crippen molar-refractivity contribution in [3.05, 3.63) is 68.6 Å². The lowest BCUT2D eigenvalue weighted by molar-refractivity contribution is 0.395. The SMILES string of the molecule is COc1cc(OC)c(Cl)c(-c2cc3cnc(Nc4c(C)cccc4N)cc3n(C)c2=O)c1Cl. The van der Waals surface area contributed by atoms with Crippen LogP contribution in [0.1, 0.15) is 5.56 Å². The maximum Gasteiger partial charge on any atom is 0.258 e. The zero-order valence-corrected chi connectivity index (χ0v) is 20.0. The van der Waals surface area contributed by atoms with Crippen LogP contribution in [0.3, 0.4) is 0 Å². The maximum absolute atomic E-state index is 13.4. The molecule has 0 bridgehead atoms. The van der Waals surface area contributed by atoms with Crippen LogP contribution in [0.5, 0.6) is 11.5 Å². The molecule has 0 aliphatic rings. The lowest BCUT2D eigenvalue weighted by Crippen LogP contribution is -2.19. The van der Waals surface area contributed by atoms with Crippen LogP contribution in [-0.2, 0) is 7.05 Å². The van der Waals surface area contributed by atoms with Crippen LogP contribution >= 0.6 is 23.2 Å². The van der Waals surface area contributed by atoms with Crippen LogP contribution in [0.4, 0.5) is 17.2 Å². The van der Waals surface area contributed by atoms with Crippen LogP contribution in [-0.4, -0.2) is 23.8 Å². The summed E-state index contributed by atoms with van der Waals surface area (Å²) in [6.45, 7) is 1.96. The Balaban J connectivity index is 1.89. The highest BCUT2D eigenvalue weighted by Crippen LogP contribution is 2.45. The number of aromatic nitrogens is 2. The van der Waals surface area contributed by atoms with E-state index in [4.69, 9.17) is 38.4 Å². The molecule has 2 aromatic heterocycles. The largest absolute Gasteiger partial charge is 0.495 e. The molecule has 3 N–H and O–H groups in total. The highest BCUT2D eigenvalue weighted by Gasteiger charge is 2.22. The minimum atomic E-state index is -0.283. The highest BCUT2D eigenvalue weighted by molar-refractivity contribution is 6.41. The number of nitrogens with two attached hydrogens (primary N) is 1.